The Bertz CT molecular complexity index is 721. The van der Waals surface area contributed by atoms with Crippen molar-refractivity contribution in [3.8, 4) is 0 Å². The molecule has 1 aromatic rings. The second-order valence-corrected chi connectivity index (χ2v) is 8.56. The Morgan fingerprint density at radius 1 is 1.26 bits per heavy atom. The van der Waals surface area contributed by atoms with E-state index in [1.54, 1.807) is 0 Å². The molecule has 1 atom stereocenters. The van der Waals surface area contributed by atoms with Crippen molar-refractivity contribution in [3.63, 3.8) is 0 Å². The molecule has 1 amide bonds. The monoisotopic (exact) mass is 374 g/mol. The van der Waals surface area contributed by atoms with E-state index in [0.29, 0.717) is 25.2 Å². The number of carbonyl (C=O) groups is 2. The minimum Gasteiger partial charge on any atom is -0.480 e. The fraction of sp³-hybridized carbons (Fsp3) is 0.750. The number of H-pyrrole nitrogens is 1. The number of likely N-dealkylation sites (tertiary alicyclic amines) is 2. The highest BCUT2D eigenvalue weighted by atomic mass is 16.4. The van der Waals surface area contributed by atoms with Crippen LogP contribution < -0.4 is 0 Å². The normalized spacial score (nSPS) is 24.9. The van der Waals surface area contributed by atoms with Gasteiger partial charge in [-0.25, -0.2) is 0 Å². The lowest BCUT2D eigenvalue weighted by Crippen LogP contribution is -2.44. The van der Waals surface area contributed by atoms with Crippen molar-refractivity contribution < 1.29 is 14.7 Å². The van der Waals surface area contributed by atoms with E-state index in [2.05, 4.69) is 22.0 Å². The number of carbonyl (C=O) groups excluding carboxylic acids is 1. The summed E-state index contributed by atoms with van der Waals surface area (Å²) in [6.45, 7) is 5.17. The summed E-state index contributed by atoms with van der Waals surface area (Å²) in [5.41, 5.74) is 2.91. The molecule has 1 spiro atoms. The van der Waals surface area contributed by atoms with Gasteiger partial charge in [0.1, 0.15) is 6.04 Å². The number of carboxylic acids is 1. The van der Waals surface area contributed by atoms with Gasteiger partial charge < -0.3 is 10.0 Å². The van der Waals surface area contributed by atoms with Crippen LogP contribution in [0.4, 0.5) is 0 Å². The van der Waals surface area contributed by atoms with Gasteiger partial charge in [-0.15, -0.1) is 0 Å². The van der Waals surface area contributed by atoms with Gasteiger partial charge in [-0.2, -0.15) is 5.10 Å². The molecule has 0 radical (unpaired) electrons. The Balaban J connectivity index is 1.42. The number of amides is 1. The first-order valence-electron chi connectivity index (χ1n) is 10.4. The fourth-order valence-electron chi connectivity index (χ4n) is 5.26. The maximum atomic E-state index is 13.0. The third-order valence-electron chi connectivity index (χ3n) is 6.77. The lowest BCUT2D eigenvalue weighted by molar-refractivity contribution is -0.142. The van der Waals surface area contributed by atoms with E-state index in [4.69, 9.17) is 0 Å². The van der Waals surface area contributed by atoms with Crippen molar-refractivity contribution in [2.75, 3.05) is 26.2 Å². The summed E-state index contributed by atoms with van der Waals surface area (Å²) in [7, 11) is 0. The summed E-state index contributed by atoms with van der Waals surface area (Å²) < 4.78 is 0. The van der Waals surface area contributed by atoms with E-state index < -0.39 is 5.97 Å². The molecule has 7 heteroatoms. The zero-order valence-electron chi connectivity index (χ0n) is 16.2. The van der Waals surface area contributed by atoms with Crippen molar-refractivity contribution in [1.82, 2.24) is 20.0 Å². The molecule has 0 bridgehead atoms. The van der Waals surface area contributed by atoms with E-state index in [0.717, 1.165) is 69.3 Å². The predicted molar refractivity (Wildman–Crippen MR) is 101 cm³/mol. The van der Waals surface area contributed by atoms with Crippen LogP contribution in [0.5, 0.6) is 0 Å². The molecule has 0 unspecified atom stereocenters. The third kappa shape index (κ3) is 3.37. The van der Waals surface area contributed by atoms with Gasteiger partial charge >= 0.3 is 5.97 Å². The number of nitrogens with one attached hydrogen (secondary N) is 1. The molecular formula is C20H30N4O3. The average Bonchev–Trinajstić information content (AvgIpc) is 3.24. The number of piperidine rings is 1. The van der Waals surface area contributed by atoms with E-state index in [-0.39, 0.29) is 17.4 Å². The van der Waals surface area contributed by atoms with Crippen LogP contribution in [0.3, 0.4) is 0 Å². The van der Waals surface area contributed by atoms with Crippen molar-refractivity contribution in [2.24, 2.45) is 5.41 Å². The number of carboxylic acid groups (broad SMARTS) is 1. The first-order chi connectivity index (χ1) is 13.0. The van der Waals surface area contributed by atoms with Crippen molar-refractivity contribution in [2.45, 2.75) is 64.3 Å². The molecule has 2 saturated heterocycles. The van der Waals surface area contributed by atoms with Crippen LogP contribution in [0.25, 0.3) is 0 Å². The first-order valence-corrected chi connectivity index (χ1v) is 10.4. The molecular weight excluding hydrogens is 344 g/mol. The van der Waals surface area contributed by atoms with E-state index in [9.17, 15) is 14.7 Å². The largest absolute Gasteiger partial charge is 0.480 e. The highest BCUT2D eigenvalue weighted by Crippen LogP contribution is 2.43. The Labute approximate surface area is 160 Å². The van der Waals surface area contributed by atoms with E-state index in [1.165, 1.54) is 0 Å². The lowest BCUT2D eigenvalue weighted by Gasteiger charge is -2.39. The Hall–Kier alpha value is -1.89. The van der Waals surface area contributed by atoms with Gasteiger partial charge in [0, 0.05) is 30.9 Å². The topological polar surface area (TPSA) is 89.5 Å². The van der Waals surface area contributed by atoms with E-state index in [1.807, 2.05) is 4.90 Å². The summed E-state index contributed by atoms with van der Waals surface area (Å²) in [6.07, 6.45) is 7.66. The summed E-state index contributed by atoms with van der Waals surface area (Å²) in [4.78, 5) is 28.7. The fourth-order valence-corrected chi connectivity index (χ4v) is 5.26. The van der Waals surface area contributed by atoms with Gasteiger partial charge in [0.15, 0.2) is 5.69 Å². The van der Waals surface area contributed by atoms with Crippen LogP contribution in [0, 0.1) is 5.41 Å². The third-order valence-corrected chi connectivity index (χ3v) is 6.77. The lowest BCUT2D eigenvalue weighted by atomic mass is 9.76. The molecule has 2 aliphatic heterocycles. The maximum Gasteiger partial charge on any atom is 0.320 e. The second-order valence-electron chi connectivity index (χ2n) is 8.56. The van der Waals surface area contributed by atoms with Gasteiger partial charge in [0.25, 0.3) is 5.91 Å². The molecule has 0 aromatic carbocycles. The van der Waals surface area contributed by atoms with Gasteiger partial charge in [0.2, 0.25) is 0 Å². The summed E-state index contributed by atoms with van der Waals surface area (Å²) in [5, 5.41) is 17.0. The maximum absolute atomic E-state index is 13.0. The number of aromatic nitrogens is 2. The van der Waals surface area contributed by atoms with Crippen LogP contribution >= 0.6 is 0 Å². The molecule has 1 aromatic heterocycles. The number of fused-ring (bicyclic) bond motifs is 1. The molecule has 3 heterocycles. The van der Waals surface area contributed by atoms with Crippen LogP contribution in [-0.4, -0.2) is 69.2 Å². The SMILES string of the molecule is CCCN1CC2(CCN(C(=O)c3n[nH]c4c3CCCC4)CC2)C[C@@H]1C(=O)O. The number of rotatable bonds is 4. The molecule has 2 N–H and O–H groups in total. The van der Waals surface area contributed by atoms with Crippen molar-refractivity contribution >= 4 is 11.9 Å². The van der Waals surface area contributed by atoms with Crippen LogP contribution in [0.2, 0.25) is 0 Å². The molecule has 27 heavy (non-hydrogen) atoms. The molecule has 148 valence electrons. The van der Waals surface area contributed by atoms with Gasteiger partial charge in [0.05, 0.1) is 0 Å². The number of hydrogen-bond donors (Lipinski definition) is 2. The summed E-state index contributed by atoms with van der Waals surface area (Å²) >= 11 is 0. The van der Waals surface area contributed by atoms with Gasteiger partial charge in [-0.3, -0.25) is 19.6 Å². The van der Waals surface area contributed by atoms with Crippen molar-refractivity contribution in [3.05, 3.63) is 17.0 Å². The van der Waals surface area contributed by atoms with Crippen LogP contribution in [0.15, 0.2) is 0 Å². The number of aliphatic carboxylic acids is 1. The zero-order chi connectivity index (χ0) is 19.0. The van der Waals surface area contributed by atoms with E-state index >= 15 is 0 Å². The molecule has 2 fully saturated rings. The number of nitrogens with zero attached hydrogens (tertiary/aromatic N) is 3. The second kappa shape index (κ2) is 7.26. The number of hydrogen-bond acceptors (Lipinski definition) is 4. The summed E-state index contributed by atoms with van der Waals surface area (Å²) in [5.74, 6) is -0.663. The minimum atomic E-state index is -0.706. The quantitative estimate of drug-likeness (QED) is 0.842. The standard InChI is InChI=1S/C20H30N4O3/c1-2-9-24-13-20(12-16(24)19(26)27)7-10-23(11-8-20)18(25)17-14-5-3-4-6-15(14)21-22-17/h16H,2-13H2,1H3,(H,21,22)(H,26,27)/t16-/m1/s1. The molecule has 7 nitrogen and oxygen atoms in total. The Morgan fingerprint density at radius 3 is 2.70 bits per heavy atom. The number of aryl methyl sites for hydroxylation is 1. The zero-order valence-corrected chi connectivity index (χ0v) is 16.2. The Morgan fingerprint density at radius 2 is 2.00 bits per heavy atom. The molecule has 1 aliphatic carbocycles. The molecule has 3 aliphatic rings. The van der Waals surface area contributed by atoms with Gasteiger partial charge in [-0.1, -0.05) is 6.92 Å². The molecule has 4 rings (SSSR count). The molecule has 0 saturated carbocycles. The van der Waals surface area contributed by atoms with Gasteiger partial charge in [-0.05, 0) is 63.3 Å². The smallest absolute Gasteiger partial charge is 0.320 e. The summed E-state index contributed by atoms with van der Waals surface area (Å²) in [6, 6.07) is -0.370. The predicted octanol–water partition coefficient (Wildman–Crippen LogP) is 2.08. The first kappa shape index (κ1) is 18.5. The van der Waals surface area contributed by atoms with Crippen molar-refractivity contribution in [1.29, 1.82) is 0 Å². The Kier molecular flexibility index (Phi) is 4.97. The minimum absolute atomic E-state index is 0.0417. The highest BCUT2D eigenvalue weighted by molar-refractivity contribution is 5.94. The van der Waals surface area contributed by atoms with Crippen LogP contribution in [-0.2, 0) is 17.6 Å². The van der Waals surface area contributed by atoms with Crippen LogP contribution in [0.1, 0.15) is 67.2 Å². The average molecular weight is 374 g/mol. The highest BCUT2D eigenvalue weighted by Gasteiger charge is 2.48. The number of aromatic amines is 1.